The molecule has 0 spiro atoms. The highest BCUT2D eigenvalue weighted by atomic mass is 16.3. The monoisotopic (exact) mass is 406 g/mol. The van der Waals surface area contributed by atoms with E-state index in [9.17, 15) is 9.90 Å². The minimum absolute atomic E-state index is 0.168. The van der Waals surface area contributed by atoms with Crippen LogP contribution in [0.15, 0.2) is 24.3 Å². The molecule has 1 aromatic rings. The molecule has 30 heavy (non-hydrogen) atoms. The van der Waals surface area contributed by atoms with Gasteiger partial charge in [0.1, 0.15) is 0 Å². The molecule has 0 bridgehead atoms. The van der Waals surface area contributed by atoms with Gasteiger partial charge in [-0.25, -0.2) is 0 Å². The lowest BCUT2D eigenvalue weighted by molar-refractivity contribution is -0.137. The van der Waals surface area contributed by atoms with Crippen molar-refractivity contribution in [3.8, 4) is 11.8 Å². The fraction of sp³-hybridized carbons (Fsp3) is 0.654. The predicted octanol–water partition coefficient (Wildman–Crippen LogP) is 3.39. The lowest BCUT2D eigenvalue weighted by Crippen LogP contribution is -2.68. The summed E-state index contributed by atoms with van der Waals surface area (Å²) in [6, 6.07) is 9.18. The Labute approximate surface area is 180 Å². The first kappa shape index (κ1) is 20.1. The molecular weight excluding hydrogens is 372 g/mol. The molecule has 2 saturated heterocycles. The number of carbonyl (C=O) groups is 1. The Bertz CT molecular complexity index is 814. The number of aliphatic hydroxyl groups is 1. The van der Waals surface area contributed by atoms with Crippen molar-refractivity contribution < 1.29 is 9.90 Å². The van der Waals surface area contributed by atoms with Gasteiger partial charge in [-0.05, 0) is 62.8 Å². The fourth-order valence-electron chi connectivity index (χ4n) is 5.77. The third kappa shape index (κ3) is 4.03. The van der Waals surface area contributed by atoms with Crippen molar-refractivity contribution in [2.24, 2.45) is 11.8 Å². The molecule has 4 nitrogen and oxygen atoms in total. The Kier molecular flexibility index (Phi) is 5.85. The second-order valence-corrected chi connectivity index (χ2v) is 9.72. The summed E-state index contributed by atoms with van der Waals surface area (Å²) in [5.74, 6) is 8.33. The molecule has 5 rings (SSSR count). The van der Waals surface area contributed by atoms with Crippen LogP contribution in [-0.2, 0) is 4.79 Å². The minimum atomic E-state index is 0.168. The van der Waals surface area contributed by atoms with Crippen LogP contribution in [0.25, 0.3) is 0 Å². The van der Waals surface area contributed by atoms with Crippen molar-refractivity contribution in [1.82, 2.24) is 9.80 Å². The van der Waals surface area contributed by atoms with E-state index in [-0.39, 0.29) is 18.6 Å². The molecule has 160 valence electrons. The molecular formula is C26H34N2O2. The van der Waals surface area contributed by atoms with Crippen LogP contribution < -0.4 is 0 Å². The van der Waals surface area contributed by atoms with E-state index in [0.29, 0.717) is 23.8 Å². The zero-order valence-corrected chi connectivity index (χ0v) is 17.9. The number of benzene rings is 1. The van der Waals surface area contributed by atoms with E-state index in [2.05, 4.69) is 45.9 Å². The number of hydrogen-bond donors (Lipinski definition) is 1. The molecule has 3 atom stereocenters. The zero-order chi connectivity index (χ0) is 20.5. The number of hydrogen-bond acceptors (Lipinski definition) is 3. The highest BCUT2D eigenvalue weighted by Crippen LogP contribution is 2.42. The quantitative estimate of drug-likeness (QED) is 0.783. The van der Waals surface area contributed by atoms with Crippen molar-refractivity contribution in [2.45, 2.75) is 69.4 Å². The molecule has 1 N–H and O–H groups in total. The molecule has 4 fully saturated rings. The Balaban J connectivity index is 1.32. The van der Waals surface area contributed by atoms with Gasteiger partial charge in [-0.1, -0.05) is 36.8 Å². The summed E-state index contributed by atoms with van der Waals surface area (Å²) in [4.78, 5) is 17.3. The van der Waals surface area contributed by atoms with Gasteiger partial charge in [-0.2, -0.15) is 0 Å². The number of fused-ring (bicyclic) bond motifs is 1. The molecule has 0 radical (unpaired) electrons. The van der Waals surface area contributed by atoms with Crippen LogP contribution in [0.2, 0.25) is 0 Å². The first-order chi connectivity index (χ1) is 14.7. The summed E-state index contributed by atoms with van der Waals surface area (Å²) in [5, 5.41) is 10.1. The van der Waals surface area contributed by atoms with Gasteiger partial charge < -0.3 is 10.0 Å². The summed E-state index contributed by atoms with van der Waals surface area (Å²) in [7, 11) is 0. The smallest absolute Gasteiger partial charge is 0.225 e. The van der Waals surface area contributed by atoms with Gasteiger partial charge in [0.2, 0.25) is 5.91 Å². The standard InChI is InChI=1S/C26H34N2O2/c29-18-24-25(21-11-9-20(10-12-21)8-7-19-5-1-2-6-19)23-17-27(26(30)22-13-14-22)15-3-4-16-28(23)24/h9-12,19,22-25,29H,1-6,13-18H2/t23-,24-,25+/m1/s1. The maximum atomic E-state index is 12.8. The van der Waals surface area contributed by atoms with Gasteiger partial charge in [-0.3, -0.25) is 9.69 Å². The Morgan fingerprint density at radius 2 is 1.73 bits per heavy atom. The molecule has 1 aromatic carbocycles. The van der Waals surface area contributed by atoms with Gasteiger partial charge in [0, 0.05) is 48.5 Å². The predicted molar refractivity (Wildman–Crippen MR) is 118 cm³/mol. The van der Waals surface area contributed by atoms with E-state index < -0.39 is 0 Å². The first-order valence-electron chi connectivity index (χ1n) is 12.0. The molecule has 2 aliphatic heterocycles. The largest absolute Gasteiger partial charge is 0.395 e. The summed E-state index contributed by atoms with van der Waals surface area (Å²) >= 11 is 0. The van der Waals surface area contributed by atoms with Crippen molar-refractivity contribution >= 4 is 5.91 Å². The van der Waals surface area contributed by atoms with Gasteiger partial charge in [-0.15, -0.1) is 0 Å². The second-order valence-electron chi connectivity index (χ2n) is 9.72. The Hall–Kier alpha value is -1.83. The summed E-state index contributed by atoms with van der Waals surface area (Å²) < 4.78 is 0. The van der Waals surface area contributed by atoms with Crippen molar-refractivity contribution in [1.29, 1.82) is 0 Å². The van der Waals surface area contributed by atoms with Crippen molar-refractivity contribution in [3.63, 3.8) is 0 Å². The van der Waals surface area contributed by atoms with E-state index >= 15 is 0 Å². The van der Waals surface area contributed by atoms with Crippen LogP contribution in [0, 0.1) is 23.7 Å². The van der Waals surface area contributed by atoms with Gasteiger partial charge in [0.05, 0.1) is 6.61 Å². The lowest BCUT2D eigenvalue weighted by atomic mass is 9.74. The van der Waals surface area contributed by atoms with Crippen LogP contribution in [-0.4, -0.2) is 59.1 Å². The van der Waals surface area contributed by atoms with Crippen LogP contribution in [0.4, 0.5) is 0 Å². The van der Waals surface area contributed by atoms with Gasteiger partial charge in [0.25, 0.3) is 0 Å². The summed E-state index contributed by atoms with van der Waals surface area (Å²) in [6.07, 6.45) is 9.44. The minimum Gasteiger partial charge on any atom is -0.395 e. The average molecular weight is 407 g/mol. The number of carbonyl (C=O) groups excluding carboxylic acids is 1. The molecule has 4 heteroatoms. The summed E-state index contributed by atoms with van der Waals surface area (Å²) in [6.45, 7) is 2.91. The SMILES string of the molecule is O=C(C1CC1)N1CCCCN2[C@H](CO)[C@@H](c3ccc(C#CC4CCCC4)cc3)[C@H]2C1. The Morgan fingerprint density at radius 3 is 2.43 bits per heavy atom. The van der Waals surface area contributed by atoms with Crippen LogP contribution >= 0.6 is 0 Å². The number of amides is 1. The first-order valence-corrected chi connectivity index (χ1v) is 12.0. The second kappa shape index (κ2) is 8.73. The highest BCUT2D eigenvalue weighted by molar-refractivity contribution is 5.81. The normalized spacial score (nSPS) is 29.9. The molecule has 2 saturated carbocycles. The third-order valence-electron chi connectivity index (χ3n) is 7.68. The molecule has 4 aliphatic rings. The van der Waals surface area contributed by atoms with Crippen LogP contribution in [0.1, 0.15) is 68.4 Å². The summed E-state index contributed by atoms with van der Waals surface area (Å²) in [5.41, 5.74) is 2.37. The molecule has 0 aromatic heterocycles. The molecule has 1 amide bonds. The average Bonchev–Trinajstić information content (AvgIpc) is 3.47. The molecule has 2 aliphatic carbocycles. The van der Waals surface area contributed by atoms with Crippen LogP contribution in [0.3, 0.4) is 0 Å². The van der Waals surface area contributed by atoms with E-state index in [1.165, 1.54) is 31.2 Å². The van der Waals surface area contributed by atoms with E-state index in [1.807, 2.05) is 0 Å². The van der Waals surface area contributed by atoms with Crippen molar-refractivity contribution in [3.05, 3.63) is 35.4 Å². The topological polar surface area (TPSA) is 43.8 Å². The van der Waals surface area contributed by atoms with E-state index in [4.69, 9.17) is 0 Å². The maximum Gasteiger partial charge on any atom is 0.225 e. The van der Waals surface area contributed by atoms with E-state index in [0.717, 1.165) is 50.9 Å². The number of aliphatic hydroxyl groups excluding tert-OH is 1. The zero-order valence-electron chi connectivity index (χ0n) is 17.9. The number of rotatable bonds is 3. The highest BCUT2D eigenvalue weighted by Gasteiger charge is 2.50. The van der Waals surface area contributed by atoms with E-state index in [1.54, 1.807) is 0 Å². The molecule has 0 unspecified atom stereocenters. The van der Waals surface area contributed by atoms with Crippen LogP contribution in [0.5, 0.6) is 0 Å². The fourth-order valence-corrected chi connectivity index (χ4v) is 5.77. The van der Waals surface area contributed by atoms with Crippen molar-refractivity contribution in [2.75, 3.05) is 26.2 Å². The maximum absolute atomic E-state index is 12.8. The molecule has 2 heterocycles. The third-order valence-corrected chi connectivity index (χ3v) is 7.68. The lowest BCUT2D eigenvalue weighted by Gasteiger charge is -2.57. The Morgan fingerprint density at radius 1 is 1.00 bits per heavy atom. The van der Waals surface area contributed by atoms with Gasteiger partial charge in [0.15, 0.2) is 0 Å². The van der Waals surface area contributed by atoms with Gasteiger partial charge >= 0.3 is 0 Å². The number of nitrogens with zero attached hydrogens (tertiary/aromatic N) is 2.